The fourth-order valence-electron chi connectivity index (χ4n) is 1.36. The van der Waals surface area contributed by atoms with Gasteiger partial charge in [-0.2, -0.15) is 0 Å². The summed E-state index contributed by atoms with van der Waals surface area (Å²) in [6, 6.07) is 7.31. The lowest BCUT2D eigenvalue weighted by molar-refractivity contribution is -0.117. The maximum atomic E-state index is 10.8. The van der Waals surface area contributed by atoms with Crippen LogP contribution in [0.5, 0.6) is 0 Å². The fourth-order valence-corrected chi connectivity index (χ4v) is 1.48. The van der Waals surface area contributed by atoms with Crippen LogP contribution in [-0.4, -0.2) is 30.8 Å². The summed E-state index contributed by atoms with van der Waals surface area (Å²) in [5, 5.41) is 8.44. The minimum absolute atomic E-state index is 0.109. The molecule has 0 saturated heterocycles. The molecular weight excluding hydrogens is 366 g/mol. The second kappa shape index (κ2) is 17.9. The van der Waals surface area contributed by atoms with Crippen molar-refractivity contribution in [1.82, 2.24) is 16.0 Å². The molecule has 0 saturated carbocycles. The van der Waals surface area contributed by atoms with Crippen LogP contribution in [-0.2, 0) is 20.9 Å². The number of halogens is 1. The number of carbonyl (C=O) groups is 3. The van der Waals surface area contributed by atoms with Gasteiger partial charge in [0.05, 0.1) is 0 Å². The summed E-state index contributed by atoms with van der Waals surface area (Å²) in [5.41, 5.74) is 1.01. The molecule has 3 amide bonds. The smallest absolute Gasteiger partial charge is 0.243 e. The molecule has 0 unspecified atom stereocenters. The molecule has 7 heteroatoms. The zero-order chi connectivity index (χ0) is 21.1. The Balaban J connectivity index is 0. The SMILES string of the molecule is C=CC(=O)NCC.C=CC(=O)NCC.C=CC(=O)NCc1ccc(Cl)cc1. The van der Waals surface area contributed by atoms with Crippen molar-refractivity contribution in [3.8, 4) is 0 Å². The molecule has 6 nitrogen and oxygen atoms in total. The molecule has 0 aliphatic carbocycles. The molecule has 1 aromatic rings. The monoisotopic (exact) mass is 393 g/mol. The highest BCUT2D eigenvalue weighted by Crippen LogP contribution is 2.08. The molecule has 0 radical (unpaired) electrons. The summed E-state index contributed by atoms with van der Waals surface area (Å²) in [4.78, 5) is 31.2. The largest absolute Gasteiger partial charge is 0.353 e. The average Bonchev–Trinajstić information content (AvgIpc) is 2.68. The normalized spacial score (nSPS) is 8.41. The van der Waals surface area contributed by atoms with Crippen molar-refractivity contribution in [2.75, 3.05) is 13.1 Å². The maximum Gasteiger partial charge on any atom is 0.243 e. The molecule has 0 heterocycles. The molecule has 0 aromatic heterocycles. The summed E-state index contributed by atoms with van der Waals surface area (Å²) in [7, 11) is 0. The first-order valence-corrected chi connectivity index (χ1v) is 8.67. The highest BCUT2D eigenvalue weighted by molar-refractivity contribution is 6.30. The van der Waals surface area contributed by atoms with Crippen molar-refractivity contribution >= 4 is 29.3 Å². The molecule has 3 N–H and O–H groups in total. The van der Waals surface area contributed by atoms with Crippen LogP contribution in [0.4, 0.5) is 0 Å². The van der Waals surface area contributed by atoms with Crippen molar-refractivity contribution in [3.63, 3.8) is 0 Å². The Bertz CT molecular complexity index is 591. The first-order valence-electron chi connectivity index (χ1n) is 8.29. The second-order valence-electron chi connectivity index (χ2n) is 4.75. The van der Waals surface area contributed by atoms with E-state index >= 15 is 0 Å². The van der Waals surface area contributed by atoms with E-state index in [4.69, 9.17) is 11.6 Å². The quantitative estimate of drug-likeness (QED) is 0.622. The Hall–Kier alpha value is -2.86. The number of hydrogen-bond donors (Lipinski definition) is 3. The van der Waals surface area contributed by atoms with E-state index in [0.29, 0.717) is 24.7 Å². The Labute approximate surface area is 166 Å². The van der Waals surface area contributed by atoms with E-state index in [1.165, 1.54) is 18.2 Å². The highest BCUT2D eigenvalue weighted by atomic mass is 35.5. The standard InChI is InChI=1S/C10H10ClNO.2C5H9NO/c1-2-10(13)12-7-8-3-5-9(11)6-4-8;2*1-3-5(7)6-4-2/h2-6H,1,7H2,(H,12,13);2*3H,1,4H2,2H3,(H,6,7). The molecule has 0 fully saturated rings. The molecule has 148 valence electrons. The molecule has 1 rings (SSSR count). The van der Waals surface area contributed by atoms with Crippen molar-refractivity contribution < 1.29 is 14.4 Å². The van der Waals surface area contributed by atoms with Crippen LogP contribution >= 0.6 is 11.6 Å². The lowest BCUT2D eigenvalue weighted by Gasteiger charge is -2.01. The van der Waals surface area contributed by atoms with Crippen LogP contribution < -0.4 is 16.0 Å². The number of nitrogens with one attached hydrogen (secondary N) is 3. The Morgan fingerprint density at radius 1 is 0.815 bits per heavy atom. The van der Waals surface area contributed by atoms with Gasteiger partial charge < -0.3 is 16.0 Å². The van der Waals surface area contributed by atoms with Gasteiger partial charge in [-0.05, 0) is 49.8 Å². The predicted octanol–water partition coefficient (Wildman–Crippen LogP) is 2.76. The first-order chi connectivity index (χ1) is 12.8. The van der Waals surface area contributed by atoms with Crippen LogP contribution in [0.1, 0.15) is 19.4 Å². The van der Waals surface area contributed by atoms with E-state index in [9.17, 15) is 14.4 Å². The van der Waals surface area contributed by atoms with Gasteiger partial charge >= 0.3 is 0 Å². The highest BCUT2D eigenvalue weighted by Gasteiger charge is 1.95. The topological polar surface area (TPSA) is 87.3 Å². The van der Waals surface area contributed by atoms with Crippen molar-refractivity contribution in [3.05, 3.63) is 72.8 Å². The van der Waals surface area contributed by atoms with Crippen LogP contribution in [0.3, 0.4) is 0 Å². The number of benzene rings is 1. The van der Waals surface area contributed by atoms with E-state index in [2.05, 4.69) is 35.7 Å². The molecule has 0 spiro atoms. The van der Waals surface area contributed by atoms with Gasteiger partial charge in [0.1, 0.15) is 0 Å². The number of amides is 3. The Kier molecular flexibility index (Phi) is 17.5. The van der Waals surface area contributed by atoms with Crippen LogP contribution in [0.2, 0.25) is 5.02 Å². The molecular formula is C20H28ClN3O3. The Morgan fingerprint density at radius 2 is 1.19 bits per heavy atom. The lowest BCUT2D eigenvalue weighted by Crippen LogP contribution is -2.19. The van der Waals surface area contributed by atoms with Crippen LogP contribution in [0, 0.1) is 0 Å². The number of carbonyl (C=O) groups excluding carboxylic acids is 3. The first kappa shape index (κ1) is 26.4. The second-order valence-corrected chi connectivity index (χ2v) is 5.18. The summed E-state index contributed by atoms with van der Waals surface area (Å²) in [5.74, 6) is -0.389. The number of likely N-dealkylation sites (N-methyl/N-ethyl adjacent to an activating group) is 2. The van der Waals surface area contributed by atoms with Gasteiger partial charge in [-0.3, -0.25) is 14.4 Å². The van der Waals surface area contributed by atoms with E-state index in [1.807, 2.05) is 26.0 Å². The van der Waals surface area contributed by atoms with Crippen LogP contribution in [0.25, 0.3) is 0 Å². The van der Waals surface area contributed by atoms with Gasteiger partial charge in [0.2, 0.25) is 17.7 Å². The number of rotatable bonds is 7. The van der Waals surface area contributed by atoms with Gasteiger partial charge in [-0.1, -0.05) is 43.5 Å². The lowest BCUT2D eigenvalue weighted by atomic mass is 10.2. The zero-order valence-electron chi connectivity index (χ0n) is 15.9. The van der Waals surface area contributed by atoms with Crippen molar-refractivity contribution in [2.24, 2.45) is 0 Å². The van der Waals surface area contributed by atoms with Crippen molar-refractivity contribution in [1.29, 1.82) is 0 Å². The summed E-state index contributed by atoms with van der Waals surface area (Å²) < 4.78 is 0. The van der Waals surface area contributed by atoms with Gasteiger partial charge in [-0.15, -0.1) is 0 Å². The third kappa shape index (κ3) is 17.7. The van der Waals surface area contributed by atoms with Crippen molar-refractivity contribution in [2.45, 2.75) is 20.4 Å². The third-order valence-corrected chi connectivity index (χ3v) is 2.89. The predicted molar refractivity (Wildman–Crippen MR) is 111 cm³/mol. The third-order valence-electron chi connectivity index (χ3n) is 2.64. The van der Waals surface area contributed by atoms with Gasteiger partial charge in [0.15, 0.2) is 0 Å². The van der Waals surface area contributed by atoms with Gasteiger partial charge in [0.25, 0.3) is 0 Å². The summed E-state index contributed by atoms with van der Waals surface area (Å²) in [6.45, 7) is 15.5. The van der Waals surface area contributed by atoms with Crippen LogP contribution in [0.15, 0.2) is 62.2 Å². The number of hydrogen-bond acceptors (Lipinski definition) is 3. The fraction of sp³-hybridized carbons (Fsp3) is 0.250. The van der Waals surface area contributed by atoms with Gasteiger partial charge in [-0.25, -0.2) is 0 Å². The minimum atomic E-state index is -0.171. The van der Waals surface area contributed by atoms with E-state index in [0.717, 1.165) is 5.56 Å². The minimum Gasteiger partial charge on any atom is -0.353 e. The molecule has 0 aliphatic heterocycles. The molecule has 0 atom stereocenters. The van der Waals surface area contributed by atoms with E-state index in [-0.39, 0.29) is 17.7 Å². The summed E-state index contributed by atoms with van der Waals surface area (Å²) >= 11 is 5.70. The maximum absolute atomic E-state index is 10.8. The zero-order valence-corrected chi connectivity index (χ0v) is 16.6. The average molecular weight is 394 g/mol. The van der Waals surface area contributed by atoms with E-state index < -0.39 is 0 Å². The molecule has 1 aromatic carbocycles. The Morgan fingerprint density at radius 3 is 1.48 bits per heavy atom. The molecule has 27 heavy (non-hydrogen) atoms. The molecule has 0 bridgehead atoms. The molecule has 0 aliphatic rings. The van der Waals surface area contributed by atoms with Gasteiger partial charge in [0, 0.05) is 24.7 Å². The van der Waals surface area contributed by atoms with E-state index in [1.54, 1.807) is 12.1 Å². The summed E-state index contributed by atoms with van der Waals surface area (Å²) in [6.07, 6.45) is 3.75.